The smallest absolute Gasteiger partial charge is 0.306 e. The van der Waals surface area contributed by atoms with Crippen molar-refractivity contribution in [2.45, 2.75) is 26.2 Å². The van der Waals surface area contributed by atoms with Gasteiger partial charge in [-0.1, -0.05) is 25.1 Å². The topological polar surface area (TPSA) is 46.5 Å². The van der Waals surface area contributed by atoms with Crippen LogP contribution < -0.4 is 0 Å². The Bertz CT molecular complexity index is 333. The molecule has 0 fully saturated rings. The highest BCUT2D eigenvalue weighted by molar-refractivity contribution is 5.70. The van der Waals surface area contributed by atoms with Crippen LogP contribution in [0.1, 0.15) is 31.7 Å². The molecule has 3 nitrogen and oxygen atoms in total. The van der Waals surface area contributed by atoms with Gasteiger partial charge in [0.05, 0.1) is 13.0 Å². The number of hydrogen-bond acceptors (Lipinski definition) is 3. The van der Waals surface area contributed by atoms with E-state index in [4.69, 9.17) is 4.74 Å². The zero-order valence-corrected chi connectivity index (χ0v) is 9.06. The lowest BCUT2D eigenvalue weighted by molar-refractivity contribution is -0.143. The summed E-state index contributed by atoms with van der Waals surface area (Å²) in [5.74, 6) is -0.0206. The first kappa shape index (κ1) is 11.6. The maximum atomic E-state index is 11.2. The minimum Gasteiger partial charge on any atom is -0.508 e. The maximum Gasteiger partial charge on any atom is 0.306 e. The molecule has 0 heterocycles. The molecule has 3 heteroatoms. The number of aromatic hydroxyl groups is 1. The number of hydrogen-bond donors (Lipinski definition) is 1. The SMILES string of the molecule is CCOC(=O)CC(C)c1ccccc1O. The van der Waals surface area contributed by atoms with E-state index in [0.29, 0.717) is 13.0 Å². The van der Waals surface area contributed by atoms with Gasteiger partial charge in [-0.15, -0.1) is 0 Å². The van der Waals surface area contributed by atoms with Crippen LogP contribution in [0.25, 0.3) is 0 Å². The van der Waals surface area contributed by atoms with Gasteiger partial charge in [0.15, 0.2) is 0 Å². The first-order chi connectivity index (χ1) is 7.15. The molecule has 1 unspecified atom stereocenters. The summed E-state index contributed by atoms with van der Waals surface area (Å²) in [7, 11) is 0. The molecule has 0 aliphatic carbocycles. The molecular weight excluding hydrogens is 192 g/mol. The van der Waals surface area contributed by atoms with Crippen molar-refractivity contribution in [3.05, 3.63) is 29.8 Å². The lowest BCUT2D eigenvalue weighted by atomic mass is 9.97. The van der Waals surface area contributed by atoms with Crippen LogP contribution in [-0.2, 0) is 9.53 Å². The monoisotopic (exact) mass is 208 g/mol. The number of carbonyl (C=O) groups is 1. The van der Waals surface area contributed by atoms with E-state index in [-0.39, 0.29) is 17.6 Å². The molecule has 1 atom stereocenters. The van der Waals surface area contributed by atoms with Crippen molar-refractivity contribution >= 4 is 5.97 Å². The fourth-order valence-electron chi connectivity index (χ4n) is 1.48. The van der Waals surface area contributed by atoms with E-state index in [1.807, 2.05) is 19.1 Å². The summed E-state index contributed by atoms with van der Waals surface area (Å²) in [6.45, 7) is 4.07. The van der Waals surface area contributed by atoms with Crippen molar-refractivity contribution in [2.75, 3.05) is 6.61 Å². The normalized spacial score (nSPS) is 12.1. The Balaban J connectivity index is 2.65. The summed E-state index contributed by atoms with van der Waals surface area (Å²) in [6, 6.07) is 7.04. The molecule has 1 aromatic rings. The third-order valence-corrected chi connectivity index (χ3v) is 2.25. The lowest BCUT2D eigenvalue weighted by Crippen LogP contribution is -2.08. The predicted octanol–water partition coefficient (Wildman–Crippen LogP) is 2.45. The lowest BCUT2D eigenvalue weighted by Gasteiger charge is -2.12. The zero-order valence-electron chi connectivity index (χ0n) is 9.06. The Labute approximate surface area is 89.7 Å². The van der Waals surface area contributed by atoms with Crippen molar-refractivity contribution in [1.29, 1.82) is 0 Å². The van der Waals surface area contributed by atoms with Crippen LogP contribution in [0.5, 0.6) is 5.75 Å². The minimum absolute atomic E-state index is 0.0229. The fourth-order valence-corrected chi connectivity index (χ4v) is 1.48. The molecule has 0 aliphatic heterocycles. The van der Waals surface area contributed by atoms with Crippen molar-refractivity contribution in [3.8, 4) is 5.75 Å². The van der Waals surface area contributed by atoms with E-state index >= 15 is 0 Å². The molecule has 82 valence electrons. The molecule has 1 N–H and O–H groups in total. The van der Waals surface area contributed by atoms with Crippen LogP contribution in [0, 0.1) is 0 Å². The summed E-state index contributed by atoms with van der Waals surface area (Å²) in [4.78, 5) is 11.2. The number of phenols is 1. The van der Waals surface area contributed by atoms with Crippen molar-refractivity contribution < 1.29 is 14.6 Å². The molecule has 0 bridgehead atoms. The van der Waals surface area contributed by atoms with Crippen LogP contribution in [0.4, 0.5) is 0 Å². The first-order valence-corrected chi connectivity index (χ1v) is 5.08. The van der Waals surface area contributed by atoms with Gasteiger partial charge < -0.3 is 9.84 Å². The van der Waals surface area contributed by atoms with Crippen LogP contribution in [0.15, 0.2) is 24.3 Å². The van der Waals surface area contributed by atoms with E-state index in [9.17, 15) is 9.90 Å². The van der Waals surface area contributed by atoms with Gasteiger partial charge in [-0.05, 0) is 24.5 Å². The molecule has 0 saturated heterocycles. The van der Waals surface area contributed by atoms with Gasteiger partial charge in [0.25, 0.3) is 0 Å². The third kappa shape index (κ3) is 3.27. The average molecular weight is 208 g/mol. The molecule has 15 heavy (non-hydrogen) atoms. The van der Waals surface area contributed by atoms with E-state index in [2.05, 4.69) is 0 Å². The Morgan fingerprint density at radius 1 is 1.47 bits per heavy atom. The van der Waals surface area contributed by atoms with Gasteiger partial charge in [-0.3, -0.25) is 4.79 Å². The summed E-state index contributed by atoms with van der Waals surface area (Å²) >= 11 is 0. The molecule has 0 radical (unpaired) electrons. The second-order valence-corrected chi connectivity index (χ2v) is 3.47. The molecule has 0 aromatic heterocycles. The van der Waals surface area contributed by atoms with Crippen LogP contribution >= 0.6 is 0 Å². The van der Waals surface area contributed by atoms with Gasteiger partial charge in [-0.25, -0.2) is 0 Å². The molecule has 0 spiro atoms. The minimum atomic E-state index is -0.228. The Hall–Kier alpha value is -1.51. The van der Waals surface area contributed by atoms with Crippen molar-refractivity contribution in [1.82, 2.24) is 0 Å². The third-order valence-electron chi connectivity index (χ3n) is 2.25. The number of phenolic OH excluding ortho intramolecular Hbond substituents is 1. The highest BCUT2D eigenvalue weighted by Crippen LogP contribution is 2.27. The quantitative estimate of drug-likeness (QED) is 0.773. The molecule has 0 amide bonds. The van der Waals surface area contributed by atoms with Crippen LogP contribution in [0.2, 0.25) is 0 Å². The Morgan fingerprint density at radius 2 is 2.13 bits per heavy atom. The summed E-state index contributed by atoms with van der Waals surface area (Å²) in [5, 5.41) is 9.57. The van der Waals surface area contributed by atoms with Gasteiger partial charge in [-0.2, -0.15) is 0 Å². The summed E-state index contributed by atoms with van der Waals surface area (Å²) in [6.07, 6.45) is 0.297. The van der Waals surface area contributed by atoms with E-state index < -0.39 is 0 Å². The highest BCUT2D eigenvalue weighted by Gasteiger charge is 2.14. The molecular formula is C12H16O3. The number of rotatable bonds is 4. The van der Waals surface area contributed by atoms with Gasteiger partial charge in [0.1, 0.15) is 5.75 Å². The summed E-state index contributed by atoms with van der Waals surface area (Å²) < 4.78 is 4.85. The van der Waals surface area contributed by atoms with Gasteiger partial charge in [0, 0.05) is 0 Å². The maximum absolute atomic E-state index is 11.2. The average Bonchev–Trinajstić information content (AvgIpc) is 2.18. The largest absolute Gasteiger partial charge is 0.508 e. The van der Waals surface area contributed by atoms with Crippen molar-refractivity contribution in [3.63, 3.8) is 0 Å². The fraction of sp³-hybridized carbons (Fsp3) is 0.417. The molecule has 1 aromatic carbocycles. The van der Waals surface area contributed by atoms with E-state index in [1.165, 1.54) is 0 Å². The Kier molecular flexibility index (Phi) is 4.16. The van der Waals surface area contributed by atoms with Crippen molar-refractivity contribution in [2.24, 2.45) is 0 Å². The first-order valence-electron chi connectivity index (χ1n) is 5.08. The van der Waals surface area contributed by atoms with E-state index in [1.54, 1.807) is 19.1 Å². The summed E-state index contributed by atoms with van der Waals surface area (Å²) in [5.41, 5.74) is 0.783. The van der Waals surface area contributed by atoms with Gasteiger partial charge in [0.2, 0.25) is 0 Å². The number of ether oxygens (including phenoxy) is 1. The highest BCUT2D eigenvalue weighted by atomic mass is 16.5. The molecule has 0 aliphatic rings. The second-order valence-electron chi connectivity index (χ2n) is 3.47. The van der Waals surface area contributed by atoms with Gasteiger partial charge >= 0.3 is 5.97 Å². The molecule has 1 rings (SSSR count). The standard InChI is InChI=1S/C12H16O3/c1-3-15-12(14)8-9(2)10-6-4-5-7-11(10)13/h4-7,9,13H,3,8H2,1-2H3. The zero-order chi connectivity index (χ0) is 11.3. The van der Waals surface area contributed by atoms with Crippen LogP contribution in [-0.4, -0.2) is 17.7 Å². The number of benzene rings is 1. The molecule has 0 saturated carbocycles. The number of carbonyl (C=O) groups excluding carboxylic acids is 1. The second kappa shape index (κ2) is 5.39. The number of esters is 1. The van der Waals surface area contributed by atoms with Crippen LogP contribution in [0.3, 0.4) is 0 Å². The van der Waals surface area contributed by atoms with E-state index in [0.717, 1.165) is 5.56 Å². The predicted molar refractivity (Wildman–Crippen MR) is 57.8 cm³/mol. The Morgan fingerprint density at radius 3 is 2.73 bits per heavy atom. The number of para-hydroxylation sites is 1.